The third-order valence-electron chi connectivity index (χ3n) is 5.12. The van der Waals surface area contributed by atoms with Gasteiger partial charge in [0.1, 0.15) is 23.5 Å². The van der Waals surface area contributed by atoms with Gasteiger partial charge in [-0.25, -0.2) is 4.31 Å². The van der Waals surface area contributed by atoms with Gasteiger partial charge >= 0.3 is 0 Å². The van der Waals surface area contributed by atoms with Gasteiger partial charge in [-0.1, -0.05) is 6.92 Å². The first-order valence-electron chi connectivity index (χ1n) is 10.7. The van der Waals surface area contributed by atoms with Crippen molar-refractivity contribution in [1.29, 1.82) is 5.26 Å². The van der Waals surface area contributed by atoms with E-state index in [9.17, 15) is 5.26 Å². The number of hydrogen-bond acceptors (Lipinski definition) is 8. The molecule has 32 heavy (non-hydrogen) atoms. The molecule has 1 aromatic carbocycles. The molecule has 1 aliphatic rings. The SMILES string of the molecule is CCC(C)N/C(=N/CN)c1c(C#N)c[nH]c1Nc1ccc(SN2CCOCC2)cc1OC. The predicted octanol–water partition coefficient (Wildman–Crippen LogP) is 3.03. The maximum absolute atomic E-state index is 9.65. The van der Waals surface area contributed by atoms with Crippen LogP contribution in [0, 0.1) is 11.3 Å². The number of amidine groups is 1. The van der Waals surface area contributed by atoms with Crippen molar-refractivity contribution in [2.45, 2.75) is 31.2 Å². The molecule has 2 heterocycles. The first kappa shape index (κ1) is 23.9. The molecule has 1 saturated heterocycles. The Labute approximate surface area is 193 Å². The van der Waals surface area contributed by atoms with Crippen molar-refractivity contribution in [3.63, 3.8) is 0 Å². The lowest BCUT2D eigenvalue weighted by Crippen LogP contribution is -2.34. The lowest BCUT2D eigenvalue weighted by atomic mass is 10.1. The Bertz CT molecular complexity index is 964. The van der Waals surface area contributed by atoms with E-state index in [4.69, 9.17) is 15.2 Å². The molecule has 0 radical (unpaired) electrons. The van der Waals surface area contributed by atoms with Crippen molar-refractivity contribution >= 4 is 29.3 Å². The molecule has 2 aromatic rings. The molecule has 0 bridgehead atoms. The first-order valence-corrected chi connectivity index (χ1v) is 11.5. The Morgan fingerprint density at radius 3 is 2.88 bits per heavy atom. The molecule has 1 aliphatic heterocycles. The minimum Gasteiger partial charge on any atom is -0.495 e. The summed E-state index contributed by atoms with van der Waals surface area (Å²) in [5, 5.41) is 16.4. The zero-order valence-corrected chi connectivity index (χ0v) is 19.6. The summed E-state index contributed by atoms with van der Waals surface area (Å²) in [6, 6.07) is 8.43. The van der Waals surface area contributed by atoms with E-state index in [2.05, 4.69) is 44.8 Å². The summed E-state index contributed by atoms with van der Waals surface area (Å²) in [7, 11) is 1.64. The Morgan fingerprint density at radius 1 is 1.44 bits per heavy atom. The predicted molar refractivity (Wildman–Crippen MR) is 129 cm³/mol. The van der Waals surface area contributed by atoms with Crippen LogP contribution in [-0.4, -0.2) is 61.2 Å². The van der Waals surface area contributed by atoms with Crippen LogP contribution in [0.2, 0.25) is 0 Å². The fourth-order valence-corrected chi connectivity index (χ4v) is 4.15. The zero-order valence-electron chi connectivity index (χ0n) is 18.8. The number of ether oxygens (including phenoxy) is 2. The van der Waals surface area contributed by atoms with Gasteiger partial charge in [0.05, 0.1) is 43.8 Å². The number of anilines is 2. The number of aromatic amines is 1. The summed E-state index contributed by atoms with van der Waals surface area (Å²) in [6.45, 7) is 7.54. The molecule has 10 heteroatoms. The van der Waals surface area contributed by atoms with Crippen LogP contribution in [0.15, 0.2) is 34.3 Å². The number of aromatic nitrogens is 1. The van der Waals surface area contributed by atoms with E-state index < -0.39 is 0 Å². The van der Waals surface area contributed by atoms with Crippen LogP contribution in [0.3, 0.4) is 0 Å². The maximum atomic E-state index is 9.65. The molecule has 1 fully saturated rings. The molecule has 172 valence electrons. The monoisotopic (exact) mass is 457 g/mol. The van der Waals surface area contributed by atoms with Gasteiger partial charge in [0.2, 0.25) is 0 Å². The van der Waals surface area contributed by atoms with Gasteiger partial charge in [0.15, 0.2) is 0 Å². The summed E-state index contributed by atoms with van der Waals surface area (Å²) in [5.74, 6) is 1.94. The number of hydrogen-bond donors (Lipinski definition) is 4. The number of nitrogens with one attached hydrogen (secondary N) is 3. The molecule has 0 saturated carbocycles. The molecule has 0 spiro atoms. The van der Waals surface area contributed by atoms with Gasteiger partial charge in [-0.2, -0.15) is 5.26 Å². The minimum atomic E-state index is 0.116. The smallest absolute Gasteiger partial charge is 0.143 e. The summed E-state index contributed by atoms with van der Waals surface area (Å²) in [5.41, 5.74) is 7.63. The fourth-order valence-electron chi connectivity index (χ4n) is 3.23. The third kappa shape index (κ3) is 5.95. The second kappa shape index (κ2) is 11.8. The topological polar surface area (TPSA) is 124 Å². The Balaban J connectivity index is 1.87. The largest absolute Gasteiger partial charge is 0.495 e. The maximum Gasteiger partial charge on any atom is 0.143 e. The van der Waals surface area contributed by atoms with Gasteiger partial charge in [0, 0.05) is 30.2 Å². The standard InChI is InChI=1S/C22H31N7O2S/c1-4-15(2)27-22(26-14-24)20-16(12-23)13-25-21(20)28-18-6-5-17(11-19(18)30-3)32-29-7-9-31-10-8-29/h5-6,11,13,15,25,28H,4,7-10,14,24H2,1-3H3,(H,26,27). The highest BCUT2D eigenvalue weighted by Gasteiger charge is 2.20. The Morgan fingerprint density at radius 2 is 2.22 bits per heavy atom. The Kier molecular flexibility index (Phi) is 8.81. The number of nitriles is 1. The van der Waals surface area contributed by atoms with E-state index in [1.165, 1.54) is 0 Å². The van der Waals surface area contributed by atoms with Gasteiger partial charge in [0.25, 0.3) is 0 Å². The van der Waals surface area contributed by atoms with E-state index in [-0.39, 0.29) is 12.7 Å². The van der Waals surface area contributed by atoms with Crippen molar-refractivity contribution in [3.05, 3.63) is 35.5 Å². The van der Waals surface area contributed by atoms with Crippen LogP contribution in [0.25, 0.3) is 0 Å². The molecule has 1 atom stereocenters. The van der Waals surface area contributed by atoms with Crippen molar-refractivity contribution in [2.75, 3.05) is 45.4 Å². The van der Waals surface area contributed by atoms with Gasteiger partial charge < -0.3 is 30.8 Å². The number of morpholine rings is 1. The molecule has 5 N–H and O–H groups in total. The first-order chi connectivity index (χ1) is 15.6. The van der Waals surface area contributed by atoms with E-state index in [1.54, 1.807) is 25.3 Å². The highest BCUT2D eigenvalue weighted by Crippen LogP contribution is 2.34. The lowest BCUT2D eigenvalue weighted by Gasteiger charge is -2.25. The van der Waals surface area contributed by atoms with Crippen LogP contribution in [0.5, 0.6) is 5.75 Å². The van der Waals surface area contributed by atoms with Crippen molar-refractivity contribution in [1.82, 2.24) is 14.6 Å². The number of nitrogens with zero attached hydrogens (tertiary/aromatic N) is 3. The van der Waals surface area contributed by atoms with E-state index >= 15 is 0 Å². The average Bonchev–Trinajstić information content (AvgIpc) is 3.22. The zero-order chi connectivity index (χ0) is 22.9. The summed E-state index contributed by atoms with van der Waals surface area (Å²) in [6.07, 6.45) is 2.58. The van der Waals surface area contributed by atoms with Gasteiger partial charge in [-0.15, -0.1) is 0 Å². The molecule has 0 aliphatic carbocycles. The second-order valence-electron chi connectivity index (χ2n) is 7.33. The number of methoxy groups -OCH3 is 1. The molecule has 0 amide bonds. The number of rotatable bonds is 9. The quantitative estimate of drug-likeness (QED) is 0.257. The number of nitrogens with two attached hydrogens (primary N) is 1. The average molecular weight is 458 g/mol. The third-order valence-corrected chi connectivity index (χ3v) is 6.21. The normalized spacial score (nSPS) is 15.8. The van der Waals surface area contributed by atoms with Crippen LogP contribution < -0.4 is 21.1 Å². The molecule has 1 unspecified atom stereocenters. The molecule has 9 nitrogen and oxygen atoms in total. The fraction of sp³-hybridized carbons (Fsp3) is 0.455. The van der Waals surface area contributed by atoms with E-state index in [0.29, 0.717) is 28.5 Å². The van der Waals surface area contributed by atoms with Crippen LogP contribution >= 0.6 is 11.9 Å². The highest BCUT2D eigenvalue weighted by atomic mass is 32.2. The van der Waals surface area contributed by atoms with Crippen molar-refractivity contribution in [3.8, 4) is 11.8 Å². The Hall–Kier alpha value is -2.71. The van der Waals surface area contributed by atoms with Crippen molar-refractivity contribution in [2.24, 2.45) is 10.7 Å². The van der Waals surface area contributed by atoms with Crippen molar-refractivity contribution < 1.29 is 9.47 Å². The number of benzene rings is 1. The lowest BCUT2D eigenvalue weighted by molar-refractivity contribution is 0.0773. The molecule has 1 aromatic heterocycles. The summed E-state index contributed by atoms with van der Waals surface area (Å²) in [4.78, 5) is 8.65. The number of H-pyrrole nitrogens is 1. The number of aliphatic imine (C=N–C) groups is 1. The van der Waals surface area contributed by atoms with E-state index in [0.717, 1.165) is 43.3 Å². The molecular formula is C22H31N7O2S. The summed E-state index contributed by atoms with van der Waals surface area (Å²) < 4.78 is 13.3. The van der Waals surface area contributed by atoms with Crippen LogP contribution in [0.1, 0.15) is 31.4 Å². The van der Waals surface area contributed by atoms with Crippen LogP contribution in [-0.2, 0) is 4.74 Å². The van der Waals surface area contributed by atoms with Crippen LogP contribution in [0.4, 0.5) is 11.5 Å². The second-order valence-corrected chi connectivity index (χ2v) is 8.50. The summed E-state index contributed by atoms with van der Waals surface area (Å²) >= 11 is 1.69. The highest BCUT2D eigenvalue weighted by molar-refractivity contribution is 7.97. The van der Waals surface area contributed by atoms with Gasteiger partial charge in [-0.05, 0) is 43.5 Å². The molecule has 3 rings (SSSR count). The molecular weight excluding hydrogens is 426 g/mol. The van der Waals surface area contributed by atoms with Gasteiger partial charge in [-0.3, -0.25) is 4.99 Å². The van der Waals surface area contributed by atoms with E-state index in [1.807, 2.05) is 18.2 Å². The minimum absolute atomic E-state index is 0.116.